The van der Waals surface area contributed by atoms with Gasteiger partial charge in [0.25, 0.3) is 0 Å². The first-order valence-electron chi connectivity index (χ1n) is 9.26. The normalized spacial score (nSPS) is 21.0. The lowest BCUT2D eigenvalue weighted by Crippen LogP contribution is -2.47. The molecule has 1 aliphatic carbocycles. The van der Waals surface area contributed by atoms with Crippen molar-refractivity contribution in [3.63, 3.8) is 0 Å². The van der Waals surface area contributed by atoms with Crippen LogP contribution < -0.4 is 4.90 Å². The molecule has 3 aromatic rings. The number of ether oxygens (including phenoxy) is 1. The summed E-state index contributed by atoms with van der Waals surface area (Å²) in [5.74, 6) is 0.978. The number of fused-ring (bicyclic) bond motifs is 4. The number of hydrogen-bond donors (Lipinski definition) is 0. The summed E-state index contributed by atoms with van der Waals surface area (Å²) < 4.78 is 5.69. The summed E-state index contributed by atoms with van der Waals surface area (Å²) in [6, 6.07) is 20.5. The number of nitrogens with zero attached hydrogens (tertiary/aromatic N) is 1. The van der Waals surface area contributed by atoms with Gasteiger partial charge < -0.3 is 9.64 Å². The Labute approximate surface area is 158 Å². The zero-order valence-corrected chi connectivity index (χ0v) is 15.5. The molecule has 1 aliphatic heterocycles. The van der Waals surface area contributed by atoms with Gasteiger partial charge in [-0.2, -0.15) is 0 Å². The van der Waals surface area contributed by atoms with Crippen molar-refractivity contribution in [2.75, 3.05) is 25.6 Å². The van der Waals surface area contributed by atoms with Gasteiger partial charge in [-0.1, -0.05) is 54.6 Å². The Balaban J connectivity index is 1.74. The molecule has 1 unspecified atom stereocenters. The van der Waals surface area contributed by atoms with Crippen LogP contribution in [0.2, 0.25) is 0 Å². The van der Waals surface area contributed by atoms with Gasteiger partial charge in [-0.25, -0.2) is 0 Å². The molecule has 0 aromatic heterocycles. The van der Waals surface area contributed by atoms with E-state index in [1.54, 1.807) is 7.11 Å². The van der Waals surface area contributed by atoms with E-state index in [0.29, 0.717) is 13.0 Å². The molecule has 3 heteroatoms. The van der Waals surface area contributed by atoms with Gasteiger partial charge in [-0.3, -0.25) is 4.79 Å². The zero-order chi connectivity index (χ0) is 18.6. The Kier molecular flexibility index (Phi) is 3.41. The molecule has 1 heterocycles. The molecule has 0 amide bonds. The SMILES string of the molecule is COC1=CC2(Cc3c(ccc4ccccc34)N(C)C2)C(=O)c2ccccc21. The van der Waals surface area contributed by atoms with Crippen LogP contribution in [0.1, 0.15) is 21.5 Å². The zero-order valence-electron chi connectivity index (χ0n) is 15.5. The highest BCUT2D eigenvalue weighted by molar-refractivity contribution is 6.09. The molecule has 3 nitrogen and oxygen atoms in total. The molecular formula is C24H21NO2. The summed E-state index contributed by atoms with van der Waals surface area (Å²) in [5, 5.41) is 2.43. The summed E-state index contributed by atoms with van der Waals surface area (Å²) in [6.07, 6.45) is 2.74. The largest absolute Gasteiger partial charge is 0.496 e. The molecule has 0 N–H and O–H groups in total. The lowest BCUT2D eigenvalue weighted by Gasteiger charge is -2.43. The van der Waals surface area contributed by atoms with Gasteiger partial charge in [0.15, 0.2) is 5.78 Å². The van der Waals surface area contributed by atoms with Gasteiger partial charge in [0.2, 0.25) is 0 Å². The van der Waals surface area contributed by atoms with Crippen LogP contribution in [0.4, 0.5) is 5.69 Å². The van der Waals surface area contributed by atoms with Crippen LogP contribution in [-0.4, -0.2) is 26.5 Å². The molecule has 0 saturated heterocycles. The van der Waals surface area contributed by atoms with Crippen molar-refractivity contribution in [3.05, 3.63) is 83.4 Å². The second-order valence-electron chi connectivity index (χ2n) is 7.56. The molecule has 1 spiro atoms. The smallest absolute Gasteiger partial charge is 0.175 e. The van der Waals surface area contributed by atoms with E-state index >= 15 is 0 Å². The summed E-state index contributed by atoms with van der Waals surface area (Å²) >= 11 is 0. The van der Waals surface area contributed by atoms with Crippen molar-refractivity contribution in [1.82, 2.24) is 0 Å². The van der Waals surface area contributed by atoms with E-state index in [1.807, 2.05) is 24.3 Å². The van der Waals surface area contributed by atoms with Crippen LogP contribution in [0, 0.1) is 5.41 Å². The van der Waals surface area contributed by atoms with Gasteiger partial charge in [-0.05, 0) is 34.9 Å². The predicted molar refractivity (Wildman–Crippen MR) is 109 cm³/mol. The van der Waals surface area contributed by atoms with Crippen molar-refractivity contribution in [2.45, 2.75) is 6.42 Å². The van der Waals surface area contributed by atoms with Crippen LogP contribution in [0.15, 0.2) is 66.7 Å². The molecular weight excluding hydrogens is 334 g/mol. The first-order chi connectivity index (χ1) is 13.1. The van der Waals surface area contributed by atoms with Gasteiger partial charge in [0.1, 0.15) is 5.76 Å². The summed E-state index contributed by atoms with van der Waals surface area (Å²) in [6.45, 7) is 0.651. The van der Waals surface area contributed by atoms with E-state index in [-0.39, 0.29) is 5.78 Å². The Morgan fingerprint density at radius 2 is 1.70 bits per heavy atom. The fourth-order valence-corrected chi connectivity index (χ4v) is 4.72. The summed E-state index contributed by atoms with van der Waals surface area (Å²) in [5.41, 5.74) is 3.49. The quantitative estimate of drug-likeness (QED) is 0.633. The highest BCUT2D eigenvalue weighted by atomic mass is 16.5. The predicted octanol–water partition coefficient (Wildman–Crippen LogP) is 4.70. The Morgan fingerprint density at radius 3 is 2.52 bits per heavy atom. The number of ketones is 1. The van der Waals surface area contributed by atoms with Crippen LogP contribution in [0.3, 0.4) is 0 Å². The van der Waals surface area contributed by atoms with Crippen molar-refractivity contribution < 1.29 is 9.53 Å². The number of rotatable bonds is 1. The Hall–Kier alpha value is -3.07. The second kappa shape index (κ2) is 5.71. The number of methoxy groups -OCH3 is 1. The summed E-state index contributed by atoms with van der Waals surface area (Å²) in [4.78, 5) is 15.8. The molecule has 2 aliphatic rings. The van der Waals surface area contributed by atoms with Crippen molar-refractivity contribution in [2.24, 2.45) is 5.41 Å². The average molecular weight is 355 g/mol. The van der Waals surface area contributed by atoms with E-state index in [9.17, 15) is 4.79 Å². The fourth-order valence-electron chi connectivity index (χ4n) is 4.72. The van der Waals surface area contributed by atoms with E-state index < -0.39 is 5.41 Å². The first kappa shape index (κ1) is 16.1. The van der Waals surface area contributed by atoms with Crippen LogP contribution in [-0.2, 0) is 11.2 Å². The minimum absolute atomic E-state index is 0.185. The number of carbonyl (C=O) groups is 1. The lowest BCUT2D eigenvalue weighted by molar-refractivity contribution is 0.0846. The van der Waals surface area contributed by atoms with Crippen LogP contribution >= 0.6 is 0 Å². The van der Waals surface area contributed by atoms with Crippen LogP contribution in [0.25, 0.3) is 16.5 Å². The molecule has 3 aromatic carbocycles. The number of anilines is 1. The van der Waals surface area contributed by atoms with Gasteiger partial charge >= 0.3 is 0 Å². The highest BCUT2D eigenvalue weighted by Gasteiger charge is 2.46. The number of Topliss-reactive ketones (excluding diaryl/α,β-unsaturated/α-hetero) is 1. The van der Waals surface area contributed by atoms with Gasteiger partial charge in [-0.15, -0.1) is 0 Å². The third-order valence-electron chi connectivity index (χ3n) is 5.96. The minimum atomic E-state index is -0.606. The van der Waals surface area contributed by atoms with Crippen molar-refractivity contribution in [3.8, 4) is 0 Å². The molecule has 1 atom stereocenters. The molecule has 27 heavy (non-hydrogen) atoms. The van der Waals surface area contributed by atoms with Gasteiger partial charge in [0.05, 0.1) is 12.5 Å². The Bertz CT molecular complexity index is 1110. The number of hydrogen-bond acceptors (Lipinski definition) is 3. The van der Waals surface area contributed by atoms with Crippen LogP contribution in [0.5, 0.6) is 0 Å². The maximum atomic E-state index is 13.6. The van der Waals surface area contributed by atoms with E-state index in [0.717, 1.165) is 16.9 Å². The van der Waals surface area contributed by atoms with Gasteiger partial charge in [0, 0.05) is 30.4 Å². The standard InChI is InChI=1S/C24H21NO2/c1-25-15-24(13-20-17-8-4-3-7-16(17)11-12-21(20)25)14-22(27-2)18-9-5-6-10-19(18)23(24)26/h3-12,14H,13,15H2,1-2H3. The maximum Gasteiger partial charge on any atom is 0.175 e. The molecule has 0 saturated carbocycles. The van der Waals surface area contributed by atoms with E-state index in [4.69, 9.17) is 4.74 Å². The highest BCUT2D eigenvalue weighted by Crippen LogP contribution is 2.46. The number of carbonyl (C=O) groups excluding carboxylic acids is 1. The molecule has 5 rings (SSSR count). The monoisotopic (exact) mass is 355 g/mol. The second-order valence-corrected chi connectivity index (χ2v) is 7.56. The summed E-state index contributed by atoms with van der Waals surface area (Å²) in [7, 11) is 3.75. The van der Waals surface area contributed by atoms with Crippen molar-refractivity contribution in [1.29, 1.82) is 0 Å². The maximum absolute atomic E-state index is 13.6. The Morgan fingerprint density at radius 1 is 0.963 bits per heavy atom. The van der Waals surface area contributed by atoms with E-state index in [1.165, 1.54) is 22.0 Å². The number of benzene rings is 3. The first-order valence-corrected chi connectivity index (χ1v) is 9.26. The topological polar surface area (TPSA) is 29.5 Å². The third-order valence-corrected chi connectivity index (χ3v) is 5.96. The molecule has 0 radical (unpaired) electrons. The minimum Gasteiger partial charge on any atom is -0.496 e. The molecule has 134 valence electrons. The average Bonchev–Trinajstić information content (AvgIpc) is 2.71. The lowest BCUT2D eigenvalue weighted by atomic mass is 9.68. The van der Waals surface area contributed by atoms with Crippen molar-refractivity contribution >= 4 is 28.0 Å². The third kappa shape index (κ3) is 2.24. The fraction of sp³-hybridized carbons (Fsp3) is 0.208. The molecule has 0 fully saturated rings. The van der Waals surface area contributed by atoms with E-state index in [2.05, 4.69) is 54.4 Å². The molecule has 0 bridgehead atoms.